The largest absolute Gasteiger partial charge is 0.459 e. The fourth-order valence-corrected chi connectivity index (χ4v) is 2.00. The van der Waals surface area contributed by atoms with Gasteiger partial charge in [0, 0.05) is 6.42 Å². The Morgan fingerprint density at radius 1 is 1.10 bits per heavy atom. The first-order chi connectivity index (χ1) is 9.65. The Kier molecular flexibility index (Phi) is 5.39. The third kappa shape index (κ3) is 4.51. The molecule has 2 rings (SSSR count). The second kappa shape index (κ2) is 7.27. The maximum atomic E-state index is 11.7. The molecule has 1 heterocycles. The molecular formula is C15H13Cl2NO2. The van der Waals surface area contributed by atoms with E-state index in [-0.39, 0.29) is 12.6 Å². The number of aromatic nitrogens is 1. The molecule has 104 valence electrons. The van der Waals surface area contributed by atoms with E-state index in [0.29, 0.717) is 28.7 Å². The Morgan fingerprint density at radius 2 is 1.85 bits per heavy atom. The molecular weight excluding hydrogens is 297 g/mol. The molecule has 0 aliphatic rings. The molecule has 0 unspecified atom stereocenters. The minimum Gasteiger partial charge on any atom is -0.459 e. The van der Waals surface area contributed by atoms with Crippen LogP contribution >= 0.6 is 23.2 Å². The van der Waals surface area contributed by atoms with Gasteiger partial charge in [0.25, 0.3) is 0 Å². The van der Waals surface area contributed by atoms with Crippen LogP contribution < -0.4 is 0 Å². The van der Waals surface area contributed by atoms with Crippen LogP contribution in [0.2, 0.25) is 10.2 Å². The highest BCUT2D eigenvalue weighted by Crippen LogP contribution is 2.17. The number of aryl methyl sites for hydroxylation is 1. The molecule has 3 nitrogen and oxygen atoms in total. The average Bonchev–Trinajstić information content (AvgIpc) is 2.47. The van der Waals surface area contributed by atoms with Gasteiger partial charge in [-0.15, -0.1) is 0 Å². The number of benzene rings is 1. The summed E-state index contributed by atoms with van der Waals surface area (Å²) in [6, 6.07) is 13.0. The van der Waals surface area contributed by atoms with Gasteiger partial charge in [0.1, 0.15) is 11.8 Å². The molecule has 1 aromatic carbocycles. The van der Waals surface area contributed by atoms with E-state index in [0.717, 1.165) is 5.56 Å². The van der Waals surface area contributed by atoms with Crippen molar-refractivity contribution < 1.29 is 9.53 Å². The molecule has 0 amide bonds. The highest BCUT2D eigenvalue weighted by Gasteiger charge is 2.08. The van der Waals surface area contributed by atoms with Crippen molar-refractivity contribution in [3.8, 4) is 0 Å². The first-order valence-electron chi connectivity index (χ1n) is 6.15. The van der Waals surface area contributed by atoms with Gasteiger partial charge in [0.15, 0.2) is 0 Å². The molecule has 0 atom stereocenters. The molecule has 0 aliphatic heterocycles. The zero-order valence-electron chi connectivity index (χ0n) is 10.7. The summed E-state index contributed by atoms with van der Waals surface area (Å²) in [7, 11) is 0. The molecule has 0 N–H and O–H groups in total. The van der Waals surface area contributed by atoms with Crippen LogP contribution in [0.1, 0.15) is 17.7 Å². The Morgan fingerprint density at radius 3 is 2.60 bits per heavy atom. The molecule has 5 heteroatoms. The molecule has 0 saturated heterocycles. The summed E-state index contributed by atoms with van der Waals surface area (Å²) >= 11 is 11.7. The zero-order valence-corrected chi connectivity index (χ0v) is 12.2. The number of halogens is 2. The summed E-state index contributed by atoms with van der Waals surface area (Å²) in [5.74, 6) is -0.285. The highest BCUT2D eigenvalue weighted by atomic mass is 35.5. The predicted octanol–water partition coefficient (Wildman–Crippen LogP) is 4.06. The van der Waals surface area contributed by atoms with E-state index >= 15 is 0 Å². The number of carbonyl (C=O) groups excluding carboxylic acids is 1. The van der Waals surface area contributed by atoms with E-state index < -0.39 is 0 Å². The van der Waals surface area contributed by atoms with Crippen LogP contribution in [0.3, 0.4) is 0 Å². The van der Waals surface area contributed by atoms with Crippen molar-refractivity contribution >= 4 is 29.2 Å². The van der Waals surface area contributed by atoms with E-state index in [4.69, 9.17) is 27.9 Å². The second-order valence-corrected chi connectivity index (χ2v) is 5.00. The molecule has 0 aliphatic carbocycles. The number of hydrogen-bond donors (Lipinski definition) is 0. The molecule has 20 heavy (non-hydrogen) atoms. The molecule has 0 bridgehead atoms. The topological polar surface area (TPSA) is 39.2 Å². The summed E-state index contributed by atoms with van der Waals surface area (Å²) in [6.07, 6.45) is 0.971. The molecule has 0 saturated carbocycles. The van der Waals surface area contributed by atoms with E-state index in [2.05, 4.69) is 4.98 Å². The molecule has 0 spiro atoms. The second-order valence-electron chi connectivity index (χ2n) is 4.21. The first-order valence-corrected chi connectivity index (χ1v) is 6.91. The van der Waals surface area contributed by atoms with Gasteiger partial charge in [-0.1, -0.05) is 53.5 Å². The monoisotopic (exact) mass is 309 g/mol. The lowest BCUT2D eigenvalue weighted by Gasteiger charge is -2.06. The molecule has 2 aromatic rings. The summed E-state index contributed by atoms with van der Waals surface area (Å²) in [6.45, 7) is 0.0347. The van der Waals surface area contributed by atoms with Crippen molar-refractivity contribution in [3.63, 3.8) is 0 Å². The van der Waals surface area contributed by atoms with Gasteiger partial charge in [0.2, 0.25) is 0 Å². The van der Waals surface area contributed by atoms with E-state index in [1.807, 2.05) is 30.3 Å². The Labute approximate surface area is 127 Å². The third-order valence-electron chi connectivity index (χ3n) is 2.72. The van der Waals surface area contributed by atoms with Gasteiger partial charge >= 0.3 is 5.97 Å². The maximum absolute atomic E-state index is 11.7. The van der Waals surface area contributed by atoms with Crippen molar-refractivity contribution in [1.29, 1.82) is 0 Å². The minimum atomic E-state index is -0.285. The van der Waals surface area contributed by atoms with Crippen molar-refractivity contribution in [3.05, 3.63) is 63.9 Å². The van der Waals surface area contributed by atoms with E-state index in [1.165, 1.54) is 0 Å². The van der Waals surface area contributed by atoms with Crippen LogP contribution in [0.5, 0.6) is 0 Å². The van der Waals surface area contributed by atoms with Crippen molar-refractivity contribution in [1.82, 2.24) is 4.98 Å². The number of rotatable bonds is 5. The van der Waals surface area contributed by atoms with Crippen LogP contribution in [0, 0.1) is 0 Å². The number of hydrogen-bond acceptors (Lipinski definition) is 3. The lowest BCUT2D eigenvalue weighted by atomic mass is 10.1. The number of carbonyl (C=O) groups is 1. The fraction of sp³-hybridized carbons (Fsp3) is 0.200. The summed E-state index contributed by atoms with van der Waals surface area (Å²) in [5, 5.41) is 0.759. The van der Waals surface area contributed by atoms with Gasteiger partial charge in [-0.25, -0.2) is 4.98 Å². The van der Waals surface area contributed by atoms with Crippen molar-refractivity contribution in [2.45, 2.75) is 19.4 Å². The zero-order chi connectivity index (χ0) is 14.4. The van der Waals surface area contributed by atoms with Crippen LogP contribution in [-0.4, -0.2) is 11.0 Å². The van der Waals surface area contributed by atoms with Crippen LogP contribution in [-0.2, 0) is 22.6 Å². The van der Waals surface area contributed by atoms with Crippen molar-refractivity contribution in [2.24, 2.45) is 0 Å². The molecule has 0 fully saturated rings. The quantitative estimate of drug-likeness (QED) is 0.617. The van der Waals surface area contributed by atoms with E-state index in [1.54, 1.807) is 12.1 Å². The third-order valence-corrected chi connectivity index (χ3v) is 3.27. The number of ether oxygens (including phenoxy) is 1. The van der Waals surface area contributed by atoms with Crippen LogP contribution in [0.15, 0.2) is 42.5 Å². The Hall–Kier alpha value is -1.58. The van der Waals surface area contributed by atoms with Gasteiger partial charge < -0.3 is 4.74 Å². The Bertz CT molecular complexity index is 588. The normalized spacial score (nSPS) is 10.3. The maximum Gasteiger partial charge on any atom is 0.306 e. The van der Waals surface area contributed by atoms with E-state index in [9.17, 15) is 4.79 Å². The fourth-order valence-electron chi connectivity index (χ4n) is 1.67. The lowest BCUT2D eigenvalue weighted by molar-refractivity contribution is -0.145. The van der Waals surface area contributed by atoms with Gasteiger partial charge in [0.05, 0.1) is 10.7 Å². The SMILES string of the molecule is O=C(CCc1ccccc1)OCc1nc(Cl)ccc1Cl. The summed E-state index contributed by atoms with van der Waals surface area (Å²) < 4.78 is 5.14. The lowest BCUT2D eigenvalue weighted by Crippen LogP contribution is -2.07. The number of nitrogens with zero attached hydrogens (tertiary/aromatic N) is 1. The predicted molar refractivity (Wildman–Crippen MR) is 78.8 cm³/mol. The highest BCUT2D eigenvalue weighted by molar-refractivity contribution is 6.32. The summed E-state index contributed by atoms with van der Waals surface area (Å²) in [5.41, 5.74) is 1.57. The van der Waals surface area contributed by atoms with Crippen LogP contribution in [0.25, 0.3) is 0 Å². The number of pyridine rings is 1. The first kappa shape index (κ1) is 14.8. The van der Waals surface area contributed by atoms with Crippen LogP contribution in [0.4, 0.5) is 0 Å². The average molecular weight is 310 g/mol. The van der Waals surface area contributed by atoms with Gasteiger partial charge in [-0.3, -0.25) is 4.79 Å². The van der Waals surface area contributed by atoms with Gasteiger partial charge in [-0.05, 0) is 24.1 Å². The minimum absolute atomic E-state index is 0.0347. The standard InChI is InChI=1S/C15H13Cl2NO2/c16-12-7-8-14(17)18-13(12)10-20-15(19)9-6-11-4-2-1-3-5-11/h1-5,7-8H,6,9-10H2. The summed E-state index contributed by atoms with van der Waals surface area (Å²) in [4.78, 5) is 15.7. The smallest absolute Gasteiger partial charge is 0.306 e. The van der Waals surface area contributed by atoms with Gasteiger partial charge in [-0.2, -0.15) is 0 Å². The molecule has 0 radical (unpaired) electrons. The number of esters is 1. The Balaban J connectivity index is 1.82. The molecule has 1 aromatic heterocycles. The van der Waals surface area contributed by atoms with Crippen molar-refractivity contribution in [2.75, 3.05) is 0 Å².